The topological polar surface area (TPSA) is 45.9 Å². The molecule has 72 heavy (non-hydrogen) atoms. The van der Waals surface area contributed by atoms with Crippen molar-refractivity contribution in [3.8, 4) is 11.1 Å². The van der Waals surface area contributed by atoms with E-state index in [-0.39, 0.29) is 0 Å². The van der Waals surface area contributed by atoms with Gasteiger partial charge in [-0.3, -0.25) is 0 Å². The second-order valence-corrected chi connectivity index (χ2v) is 20.8. The van der Waals surface area contributed by atoms with Gasteiger partial charge in [0.05, 0.1) is 28.4 Å². The lowest BCUT2D eigenvalue weighted by atomic mass is 9.88. The average molecular weight is 931 g/mol. The Balaban J connectivity index is 0.957. The number of nitrogens with zero attached hydrogens (tertiary/aromatic N) is 2. The van der Waals surface area contributed by atoms with Gasteiger partial charge in [0.2, 0.25) is 0 Å². The molecule has 0 N–H and O–H groups in total. The van der Waals surface area contributed by atoms with Crippen molar-refractivity contribution in [2.45, 2.75) is 70.1 Å². The van der Waals surface area contributed by atoms with Gasteiger partial charge in [0, 0.05) is 66.5 Å². The number of para-hydroxylation sites is 6. The van der Waals surface area contributed by atoms with Crippen LogP contribution >= 0.6 is 0 Å². The minimum atomic E-state index is 0.525. The van der Waals surface area contributed by atoms with Crippen molar-refractivity contribution in [3.63, 3.8) is 0 Å². The van der Waals surface area contributed by atoms with Crippen LogP contribution in [0.2, 0.25) is 0 Å². The molecule has 0 amide bonds. The van der Waals surface area contributed by atoms with E-state index in [1.54, 1.807) is 0 Å². The Morgan fingerprint density at radius 3 is 1.64 bits per heavy atom. The molecule has 10 aromatic carbocycles. The number of hydrogen-bond donors (Lipinski definition) is 0. The highest BCUT2D eigenvalue weighted by Crippen LogP contribution is 2.57. The molecule has 1 aliphatic heterocycles. The lowest BCUT2D eigenvalue weighted by Crippen LogP contribution is -2.15. The summed E-state index contributed by atoms with van der Waals surface area (Å²) in [7, 11) is 0. The first kappa shape index (κ1) is 40.4. The maximum Gasteiger partial charge on any atom is 0.159 e. The van der Waals surface area contributed by atoms with Gasteiger partial charge in [0.25, 0.3) is 0 Å². The van der Waals surface area contributed by atoms with Crippen molar-refractivity contribution in [2.24, 2.45) is 0 Å². The molecule has 16 rings (SSSR count). The fourth-order valence-corrected chi connectivity index (χ4v) is 13.8. The van der Waals surface area contributed by atoms with Crippen LogP contribution in [0.3, 0.4) is 0 Å². The van der Waals surface area contributed by atoms with Gasteiger partial charge in [-0.2, -0.15) is 0 Å². The van der Waals surface area contributed by atoms with Crippen molar-refractivity contribution in [1.29, 1.82) is 0 Å². The zero-order valence-corrected chi connectivity index (χ0v) is 40.2. The summed E-state index contributed by atoms with van der Waals surface area (Å²) >= 11 is 0. The molecule has 5 heteroatoms. The highest BCUT2D eigenvalue weighted by molar-refractivity contribution is 6.33. The number of rotatable bonds is 6. The first-order valence-corrected chi connectivity index (χ1v) is 26.1. The van der Waals surface area contributed by atoms with E-state index < -0.39 is 0 Å². The number of furan rings is 3. The highest BCUT2D eigenvalue weighted by Gasteiger charge is 2.33. The molecule has 3 aromatic heterocycles. The molecule has 346 valence electrons. The molecule has 0 spiro atoms. The first-order chi connectivity index (χ1) is 35.7. The van der Waals surface area contributed by atoms with Gasteiger partial charge < -0.3 is 23.1 Å². The van der Waals surface area contributed by atoms with Gasteiger partial charge >= 0.3 is 0 Å². The Morgan fingerprint density at radius 2 is 0.889 bits per heavy atom. The molecule has 13 aromatic rings. The number of anilines is 6. The van der Waals surface area contributed by atoms with Crippen LogP contribution in [0.5, 0.6) is 0 Å². The molecular formula is C67H50N2O3. The van der Waals surface area contributed by atoms with Gasteiger partial charge in [0.15, 0.2) is 11.2 Å². The Morgan fingerprint density at radius 1 is 0.375 bits per heavy atom. The second kappa shape index (κ2) is 15.4. The normalized spacial score (nSPS) is 15.3. The molecule has 0 unspecified atom stereocenters. The van der Waals surface area contributed by atoms with Gasteiger partial charge in [-0.15, -0.1) is 0 Å². The summed E-state index contributed by atoms with van der Waals surface area (Å²) in [4.78, 5) is 4.86. The molecular weight excluding hydrogens is 881 g/mol. The van der Waals surface area contributed by atoms with Gasteiger partial charge in [-0.05, 0) is 102 Å². The van der Waals surface area contributed by atoms with Crippen LogP contribution in [0.1, 0.15) is 79.9 Å². The quantitative estimate of drug-likeness (QED) is 0.166. The standard InChI is InChI=1S/C67H50N2O3/c1-39-17-2-10-33-53(39)68(55-35-15-30-50-48-28-12-25-42(40-18-3-4-19-40)64(48)71-66(50)55)57-37-59-62(47-24-8-7-23-45(47)57)63-52-32-14-27-46-44-22-9-11-34-54(44)69(58(61(46)52)38-60(63)70-59)56-36-16-31-51-49-29-13-26-43(41-20-5-6-21-41)65(49)72-67(51)56/h2,7-17,22-38,40-41H,3-6,18-21H2,1H3. The van der Waals surface area contributed by atoms with Crippen LogP contribution < -0.4 is 9.80 Å². The van der Waals surface area contributed by atoms with Gasteiger partial charge in [-0.1, -0.05) is 165 Å². The smallest absolute Gasteiger partial charge is 0.159 e. The predicted octanol–water partition coefficient (Wildman–Crippen LogP) is 20.2. The van der Waals surface area contributed by atoms with Gasteiger partial charge in [0.1, 0.15) is 22.3 Å². The summed E-state index contributed by atoms with van der Waals surface area (Å²) in [5.41, 5.74) is 18.2. The summed E-state index contributed by atoms with van der Waals surface area (Å²) in [6, 6.07) is 64.7. The predicted molar refractivity (Wildman–Crippen MR) is 299 cm³/mol. The van der Waals surface area contributed by atoms with Crippen LogP contribution in [0.15, 0.2) is 189 Å². The Kier molecular flexibility index (Phi) is 8.63. The van der Waals surface area contributed by atoms with Crippen molar-refractivity contribution in [2.75, 3.05) is 9.80 Å². The molecule has 2 fully saturated rings. The zero-order chi connectivity index (χ0) is 47.2. The van der Waals surface area contributed by atoms with E-state index in [4.69, 9.17) is 13.3 Å². The van der Waals surface area contributed by atoms with E-state index in [1.165, 1.54) is 95.3 Å². The van der Waals surface area contributed by atoms with Crippen molar-refractivity contribution >= 4 is 121 Å². The first-order valence-electron chi connectivity index (χ1n) is 26.1. The van der Waals surface area contributed by atoms with Crippen LogP contribution in [0.25, 0.3) is 98.5 Å². The molecule has 2 saturated carbocycles. The summed E-state index contributed by atoms with van der Waals surface area (Å²) in [6.07, 6.45) is 9.96. The third kappa shape index (κ3) is 5.65. The van der Waals surface area contributed by atoms with E-state index in [0.717, 1.165) is 105 Å². The largest absolute Gasteiger partial charge is 0.456 e. The Labute approximate surface area is 416 Å². The second-order valence-electron chi connectivity index (χ2n) is 20.8. The van der Waals surface area contributed by atoms with Crippen LogP contribution in [0, 0.1) is 6.92 Å². The van der Waals surface area contributed by atoms with E-state index in [0.29, 0.717) is 11.8 Å². The van der Waals surface area contributed by atoms with Crippen molar-refractivity contribution in [1.82, 2.24) is 0 Å². The zero-order valence-electron chi connectivity index (χ0n) is 40.2. The number of aryl methyl sites for hydroxylation is 1. The lowest BCUT2D eigenvalue weighted by molar-refractivity contribution is 0.643. The fraction of sp³-hybridized carbons (Fsp3) is 0.164. The molecule has 0 radical (unpaired) electrons. The fourth-order valence-electron chi connectivity index (χ4n) is 13.8. The van der Waals surface area contributed by atoms with E-state index in [9.17, 15) is 0 Å². The summed E-state index contributed by atoms with van der Waals surface area (Å²) in [5.74, 6) is 1.06. The molecule has 4 heterocycles. The SMILES string of the molecule is Cc1ccccc1N(c1cc2oc3cc4c5c(cccc5c3c2c2ccccc12)-c1ccccc1N4c1cccc2c1oc1c(C3CCCC3)cccc12)c1cccc2c1oc1c(C3CCCC3)cccc12. The Bertz CT molecular complexity index is 4400. The molecule has 0 atom stereocenters. The van der Waals surface area contributed by atoms with E-state index in [1.807, 2.05) is 0 Å². The third-order valence-electron chi connectivity index (χ3n) is 17.0. The number of benzene rings is 10. The molecule has 2 aliphatic carbocycles. The average Bonchev–Trinajstić information content (AvgIpc) is 4.30. The number of hydrogen-bond acceptors (Lipinski definition) is 5. The maximum atomic E-state index is 7.36. The summed E-state index contributed by atoms with van der Waals surface area (Å²) in [5, 5.41) is 11.5. The van der Waals surface area contributed by atoms with Crippen LogP contribution in [0.4, 0.5) is 34.1 Å². The van der Waals surface area contributed by atoms with E-state index >= 15 is 0 Å². The molecule has 3 aliphatic rings. The van der Waals surface area contributed by atoms with Crippen molar-refractivity contribution in [3.05, 3.63) is 193 Å². The van der Waals surface area contributed by atoms with Crippen molar-refractivity contribution < 1.29 is 13.3 Å². The minimum Gasteiger partial charge on any atom is -0.456 e. The van der Waals surface area contributed by atoms with Crippen LogP contribution in [-0.2, 0) is 0 Å². The number of fused-ring (bicyclic) bond motifs is 14. The summed E-state index contributed by atoms with van der Waals surface area (Å²) in [6.45, 7) is 2.21. The van der Waals surface area contributed by atoms with E-state index in [2.05, 4.69) is 193 Å². The minimum absolute atomic E-state index is 0.525. The molecule has 5 nitrogen and oxygen atoms in total. The van der Waals surface area contributed by atoms with Crippen LogP contribution in [-0.4, -0.2) is 0 Å². The lowest BCUT2D eigenvalue weighted by Gasteiger charge is -2.33. The molecule has 0 bridgehead atoms. The monoisotopic (exact) mass is 930 g/mol. The van der Waals surface area contributed by atoms with Gasteiger partial charge in [-0.25, -0.2) is 0 Å². The summed E-state index contributed by atoms with van der Waals surface area (Å²) < 4.78 is 21.7. The highest BCUT2D eigenvalue weighted by atomic mass is 16.3. The molecule has 0 saturated heterocycles. The third-order valence-corrected chi connectivity index (χ3v) is 17.0. The maximum absolute atomic E-state index is 7.36. The Hall–Kier alpha value is -8.28.